The van der Waals surface area contributed by atoms with Crippen molar-refractivity contribution in [3.8, 4) is 0 Å². The van der Waals surface area contributed by atoms with Crippen LogP contribution in [0.25, 0.3) is 0 Å². The van der Waals surface area contributed by atoms with Crippen molar-refractivity contribution in [2.24, 2.45) is 5.92 Å². The van der Waals surface area contributed by atoms with E-state index in [1.54, 1.807) is 0 Å². The lowest BCUT2D eigenvalue weighted by Gasteiger charge is -2.45. The van der Waals surface area contributed by atoms with E-state index in [4.69, 9.17) is 5.11 Å². The molecule has 0 amide bonds. The van der Waals surface area contributed by atoms with Crippen LogP contribution >= 0.6 is 0 Å². The van der Waals surface area contributed by atoms with Gasteiger partial charge in [0.15, 0.2) is 0 Å². The van der Waals surface area contributed by atoms with E-state index in [1.165, 1.54) is 25.9 Å². The van der Waals surface area contributed by atoms with Crippen molar-refractivity contribution < 1.29 is 9.90 Å². The van der Waals surface area contributed by atoms with Gasteiger partial charge in [0.1, 0.15) is 0 Å². The molecule has 0 saturated carbocycles. The fraction of sp³-hybridized carbons (Fsp3) is 0.909. The van der Waals surface area contributed by atoms with Crippen LogP contribution in [-0.4, -0.2) is 59.6 Å². The molecule has 15 heavy (non-hydrogen) atoms. The first-order chi connectivity index (χ1) is 7.20. The minimum Gasteiger partial charge on any atom is -0.481 e. The van der Waals surface area contributed by atoms with Gasteiger partial charge in [-0.15, -0.1) is 0 Å². The summed E-state index contributed by atoms with van der Waals surface area (Å²) in [7, 11) is 0. The van der Waals surface area contributed by atoms with Crippen molar-refractivity contribution in [2.75, 3.05) is 32.7 Å². The van der Waals surface area contributed by atoms with E-state index in [1.807, 2.05) is 0 Å². The smallest absolute Gasteiger partial charge is 0.309 e. The summed E-state index contributed by atoms with van der Waals surface area (Å²) in [4.78, 5) is 15.5. The fourth-order valence-corrected chi connectivity index (χ4v) is 2.57. The Hall–Kier alpha value is -0.610. The number of carboxylic acid groups (broad SMARTS) is 1. The molecular weight excluding hydrogens is 192 g/mol. The van der Waals surface area contributed by atoms with Gasteiger partial charge < -0.3 is 10.0 Å². The molecule has 4 nitrogen and oxygen atoms in total. The molecule has 0 bridgehead atoms. The summed E-state index contributed by atoms with van der Waals surface area (Å²) in [6.45, 7) is 7.23. The Morgan fingerprint density at radius 3 is 2.40 bits per heavy atom. The molecule has 0 aromatic carbocycles. The number of nitrogens with zero attached hydrogens (tertiary/aromatic N) is 2. The van der Waals surface area contributed by atoms with Crippen molar-refractivity contribution >= 4 is 5.97 Å². The molecular formula is C11H20N2O2. The number of likely N-dealkylation sites (tertiary alicyclic amines) is 2. The first-order valence-electron chi connectivity index (χ1n) is 5.90. The molecule has 2 fully saturated rings. The average Bonchev–Trinajstić information content (AvgIpc) is 2.16. The van der Waals surface area contributed by atoms with Crippen LogP contribution in [0.2, 0.25) is 0 Å². The van der Waals surface area contributed by atoms with Crippen LogP contribution in [0.15, 0.2) is 0 Å². The van der Waals surface area contributed by atoms with Crippen molar-refractivity contribution in [2.45, 2.75) is 25.8 Å². The van der Waals surface area contributed by atoms with E-state index in [9.17, 15) is 4.79 Å². The molecule has 2 rings (SSSR count). The number of carboxylic acids is 1. The Morgan fingerprint density at radius 1 is 1.33 bits per heavy atom. The molecule has 86 valence electrons. The molecule has 2 aliphatic heterocycles. The van der Waals surface area contributed by atoms with Gasteiger partial charge in [0.2, 0.25) is 0 Å². The highest BCUT2D eigenvalue weighted by Gasteiger charge is 2.37. The predicted octanol–water partition coefficient (Wildman–Crippen LogP) is 0.487. The molecule has 2 aliphatic rings. The van der Waals surface area contributed by atoms with Crippen LogP contribution in [-0.2, 0) is 4.79 Å². The second-order valence-electron chi connectivity index (χ2n) is 4.65. The molecule has 0 spiro atoms. The SMILES string of the molecule is CCN1CCC(N2CC(C(=O)O)C2)CC1. The van der Waals surface area contributed by atoms with Gasteiger partial charge in [0.25, 0.3) is 0 Å². The summed E-state index contributed by atoms with van der Waals surface area (Å²) < 4.78 is 0. The highest BCUT2D eigenvalue weighted by atomic mass is 16.4. The van der Waals surface area contributed by atoms with Crippen LogP contribution in [0, 0.1) is 5.92 Å². The molecule has 2 heterocycles. The summed E-state index contributed by atoms with van der Waals surface area (Å²) in [5, 5.41) is 8.79. The monoisotopic (exact) mass is 212 g/mol. The van der Waals surface area contributed by atoms with E-state index in [0.29, 0.717) is 6.04 Å². The maximum absolute atomic E-state index is 10.7. The number of hydrogen-bond acceptors (Lipinski definition) is 3. The fourth-order valence-electron chi connectivity index (χ4n) is 2.57. The third-order valence-electron chi connectivity index (χ3n) is 3.78. The zero-order chi connectivity index (χ0) is 10.8. The summed E-state index contributed by atoms with van der Waals surface area (Å²) in [6, 6.07) is 0.642. The summed E-state index contributed by atoms with van der Waals surface area (Å²) in [6.07, 6.45) is 2.42. The summed E-state index contributed by atoms with van der Waals surface area (Å²) >= 11 is 0. The molecule has 0 aliphatic carbocycles. The number of aliphatic carboxylic acids is 1. The zero-order valence-electron chi connectivity index (χ0n) is 9.35. The second-order valence-corrected chi connectivity index (χ2v) is 4.65. The predicted molar refractivity (Wildman–Crippen MR) is 57.8 cm³/mol. The number of hydrogen-bond donors (Lipinski definition) is 1. The number of rotatable bonds is 3. The molecule has 2 saturated heterocycles. The molecule has 0 radical (unpaired) electrons. The average molecular weight is 212 g/mol. The van der Waals surface area contributed by atoms with Gasteiger partial charge in [-0.1, -0.05) is 6.92 Å². The van der Waals surface area contributed by atoms with Crippen LogP contribution in [0.3, 0.4) is 0 Å². The standard InChI is InChI=1S/C11H20N2O2/c1-2-12-5-3-10(4-6-12)13-7-9(8-13)11(14)15/h9-10H,2-8H2,1H3,(H,14,15). The quantitative estimate of drug-likeness (QED) is 0.739. The van der Waals surface area contributed by atoms with Crippen LogP contribution in [0.4, 0.5) is 0 Å². The minimum atomic E-state index is -0.628. The van der Waals surface area contributed by atoms with Crippen molar-refractivity contribution in [3.05, 3.63) is 0 Å². The Labute approximate surface area is 90.9 Å². The van der Waals surface area contributed by atoms with Gasteiger partial charge in [0.05, 0.1) is 5.92 Å². The van der Waals surface area contributed by atoms with E-state index in [-0.39, 0.29) is 5.92 Å². The highest BCUT2D eigenvalue weighted by Crippen LogP contribution is 2.24. The van der Waals surface area contributed by atoms with Gasteiger partial charge >= 0.3 is 5.97 Å². The van der Waals surface area contributed by atoms with Crippen LogP contribution in [0.5, 0.6) is 0 Å². The van der Waals surface area contributed by atoms with Crippen LogP contribution in [0.1, 0.15) is 19.8 Å². The van der Waals surface area contributed by atoms with Gasteiger partial charge in [-0.2, -0.15) is 0 Å². The Kier molecular flexibility index (Phi) is 3.26. The molecule has 4 heteroatoms. The molecule has 0 aromatic heterocycles. The lowest BCUT2D eigenvalue weighted by atomic mass is 9.93. The Morgan fingerprint density at radius 2 is 1.93 bits per heavy atom. The molecule has 0 atom stereocenters. The number of piperidine rings is 1. The van der Waals surface area contributed by atoms with E-state index < -0.39 is 5.97 Å². The lowest BCUT2D eigenvalue weighted by molar-refractivity contribution is -0.149. The van der Waals surface area contributed by atoms with E-state index >= 15 is 0 Å². The first-order valence-corrected chi connectivity index (χ1v) is 5.90. The van der Waals surface area contributed by atoms with Gasteiger partial charge in [-0.3, -0.25) is 9.69 Å². The van der Waals surface area contributed by atoms with Crippen molar-refractivity contribution in [3.63, 3.8) is 0 Å². The van der Waals surface area contributed by atoms with E-state index in [0.717, 1.165) is 19.6 Å². The molecule has 0 aromatic rings. The van der Waals surface area contributed by atoms with Crippen LogP contribution < -0.4 is 0 Å². The Balaban J connectivity index is 1.72. The van der Waals surface area contributed by atoms with Gasteiger partial charge in [0, 0.05) is 19.1 Å². The van der Waals surface area contributed by atoms with Crippen molar-refractivity contribution in [1.29, 1.82) is 0 Å². The normalized spacial score (nSPS) is 26.5. The lowest BCUT2D eigenvalue weighted by Crippen LogP contribution is -2.57. The second kappa shape index (κ2) is 4.49. The first kappa shape index (κ1) is 10.9. The maximum atomic E-state index is 10.7. The zero-order valence-corrected chi connectivity index (χ0v) is 9.35. The summed E-state index contributed by atoms with van der Waals surface area (Å²) in [5.74, 6) is -0.730. The van der Waals surface area contributed by atoms with Gasteiger partial charge in [-0.05, 0) is 32.5 Å². The number of carbonyl (C=O) groups is 1. The minimum absolute atomic E-state index is 0.103. The van der Waals surface area contributed by atoms with E-state index in [2.05, 4.69) is 16.7 Å². The Bertz CT molecular complexity index is 231. The molecule has 0 unspecified atom stereocenters. The molecule has 1 N–H and O–H groups in total. The topological polar surface area (TPSA) is 43.8 Å². The third kappa shape index (κ3) is 2.32. The largest absolute Gasteiger partial charge is 0.481 e. The highest BCUT2D eigenvalue weighted by molar-refractivity contribution is 5.71. The van der Waals surface area contributed by atoms with Gasteiger partial charge in [-0.25, -0.2) is 0 Å². The van der Waals surface area contributed by atoms with Crippen molar-refractivity contribution in [1.82, 2.24) is 9.80 Å². The maximum Gasteiger partial charge on any atom is 0.309 e. The summed E-state index contributed by atoms with van der Waals surface area (Å²) in [5.41, 5.74) is 0. The third-order valence-corrected chi connectivity index (χ3v) is 3.78.